The lowest BCUT2D eigenvalue weighted by atomic mass is 10.1. The number of thioether (sulfide) groups is 1. The smallest absolute Gasteiger partial charge is 0.234 e. The van der Waals surface area contributed by atoms with Crippen LogP contribution >= 0.6 is 11.8 Å². The minimum Gasteiger partial charge on any atom is -0.325 e. The average Bonchev–Trinajstić information content (AvgIpc) is 3.36. The molecule has 1 saturated carbocycles. The lowest BCUT2D eigenvalue weighted by Crippen LogP contribution is -2.15. The topological polar surface area (TPSA) is 59.8 Å². The highest BCUT2D eigenvalue weighted by Gasteiger charge is 2.28. The van der Waals surface area contributed by atoms with Gasteiger partial charge in [0.25, 0.3) is 0 Å². The fourth-order valence-electron chi connectivity index (χ4n) is 2.85. The molecular weight excluding hydrogens is 320 g/mol. The van der Waals surface area contributed by atoms with Crippen molar-refractivity contribution >= 4 is 34.1 Å². The van der Waals surface area contributed by atoms with Crippen molar-refractivity contribution in [1.82, 2.24) is 14.8 Å². The Bertz CT molecular complexity index is 896. The monoisotopic (exact) mass is 338 g/mol. The van der Waals surface area contributed by atoms with E-state index in [1.807, 2.05) is 49.4 Å². The van der Waals surface area contributed by atoms with E-state index in [-0.39, 0.29) is 5.91 Å². The average molecular weight is 338 g/mol. The number of fused-ring (bicyclic) bond motifs is 1. The number of nitrogens with one attached hydrogen (secondary N) is 1. The van der Waals surface area contributed by atoms with Crippen LogP contribution in [0.15, 0.2) is 47.6 Å². The van der Waals surface area contributed by atoms with Crippen LogP contribution in [0.1, 0.15) is 24.7 Å². The summed E-state index contributed by atoms with van der Waals surface area (Å²) in [6, 6.07) is 14.5. The van der Waals surface area contributed by atoms with Crippen LogP contribution < -0.4 is 5.32 Å². The second-order valence-electron chi connectivity index (χ2n) is 5.99. The first-order valence-electron chi connectivity index (χ1n) is 8.04. The Hall–Kier alpha value is -2.34. The number of hydrogen-bond donors (Lipinski definition) is 1. The molecule has 0 bridgehead atoms. The van der Waals surface area contributed by atoms with Gasteiger partial charge < -0.3 is 9.88 Å². The summed E-state index contributed by atoms with van der Waals surface area (Å²) in [7, 11) is 0. The van der Waals surface area contributed by atoms with Crippen LogP contribution in [-0.4, -0.2) is 26.4 Å². The second-order valence-corrected chi connectivity index (χ2v) is 6.94. The number of nitrogens with zero attached hydrogens (tertiary/aromatic N) is 3. The van der Waals surface area contributed by atoms with Gasteiger partial charge in [-0.2, -0.15) is 0 Å². The van der Waals surface area contributed by atoms with E-state index in [0.717, 1.165) is 27.4 Å². The van der Waals surface area contributed by atoms with E-state index in [2.05, 4.69) is 20.1 Å². The van der Waals surface area contributed by atoms with E-state index in [9.17, 15) is 4.79 Å². The molecule has 1 aromatic heterocycles. The molecule has 24 heavy (non-hydrogen) atoms. The second kappa shape index (κ2) is 6.28. The Morgan fingerprint density at radius 2 is 2.00 bits per heavy atom. The Kier molecular flexibility index (Phi) is 3.98. The molecule has 1 N–H and O–H groups in total. The van der Waals surface area contributed by atoms with Crippen LogP contribution in [0.25, 0.3) is 10.8 Å². The van der Waals surface area contributed by atoms with Gasteiger partial charge in [-0.3, -0.25) is 4.79 Å². The molecule has 5 nitrogen and oxygen atoms in total. The largest absolute Gasteiger partial charge is 0.325 e. The van der Waals surface area contributed by atoms with Crippen molar-refractivity contribution in [2.45, 2.75) is 31.0 Å². The van der Waals surface area contributed by atoms with Crippen molar-refractivity contribution in [3.8, 4) is 0 Å². The molecule has 3 aromatic rings. The molecule has 0 saturated heterocycles. The zero-order chi connectivity index (χ0) is 16.5. The van der Waals surface area contributed by atoms with Crippen LogP contribution in [0.2, 0.25) is 0 Å². The number of aryl methyl sites for hydroxylation is 1. The van der Waals surface area contributed by atoms with Gasteiger partial charge in [0.2, 0.25) is 5.91 Å². The Balaban J connectivity index is 1.45. The van der Waals surface area contributed by atoms with Gasteiger partial charge in [-0.15, -0.1) is 10.2 Å². The van der Waals surface area contributed by atoms with Gasteiger partial charge in [-0.25, -0.2) is 0 Å². The van der Waals surface area contributed by atoms with Gasteiger partial charge in [0.15, 0.2) is 5.16 Å². The molecular formula is C18H18N4OS. The molecule has 0 radical (unpaired) electrons. The van der Waals surface area contributed by atoms with Gasteiger partial charge in [0.1, 0.15) is 5.82 Å². The zero-order valence-corrected chi connectivity index (χ0v) is 14.2. The number of hydrogen-bond acceptors (Lipinski definition) is 4. The molecule has 6 heteroatoms. The highest BCUT2D eigenvalue weighted by Crippen LogP contribution is 2.38. The molecule has 1 aliphatic carbocycles. The van der Waals surface area contributed by atoms with E-state index < -0.39 is 0 Å². The molecule has 4 rings (SSSR count). The van der Waals surface area contributed by atoms with Crippen LogP contribution in [0.4, 0.5) is 5.69 Å². The van der Waals surface area contributed by atoms with Crippen molar-refractivity contribution in [3.05, 3.63) is 48.3 Å². The highest BCUT2D eigenvalue weighted by atomic mass is 32.2. The van der Waals surface area contributed by atoms with Gasteiger partial charge in [0.05, 0.1) is 5.75 Å². The minimum absolute atomic E-state index is 0.0284. The maximum atomic E-state index is 12.3. The maximum absolute atomic E-state index is 12.3. The maximum Gasteiger partial charge on any atom is 0.234 e. The van der Waals surface area contributed by atoms with Crippen LogP contribution in [-0.2, 0) is 4.79 Å². The van der Waals surface area contributed by atoms with Gasteiger partial charge in [-0.05, 0) is 31.2 Å². The number of carbonyl (C=O) groups is 1. The van der Waals surface area contributed by atoms with Crippen molar-refractivity contribution in [3.63, 3.8) is 0 Å². The molecule has 1 aliphatic rings. The number of benzene rings is 2. The molecule has 0 aliphatic heterocycles. The number of anilines is 1. The van der Waals surface area contributed by atoms with Crippen LogP contribution in [0.5, 0.6) is 0 Å². The molecule has 0 unspecified atom stereocenters. The quantitative estimate of drug-likeness (QED) is 0.719. The van der Waals surface area contributed by atoms with Crippen molar-refractivity contribution < 1.29 is 4.79 Å². The third-order valence-corrected chi connectivity index (χ3v) is 5.09. The Morgan fingerprint density at radius 1 is 1.21 bits per heavy atom. The summed E-state index contributed by atoms with van der Waals surface area (Å²) in [6.45, 7) is 1.96. The third kappa shape index (κ3) is 3.01. The molecule has 2 aromatic carbocycles. The Morgan fingerprint density at radius 3 is 2.83 bits per heavy atom. The summed E-state index contributed by atoms with van der Waals surface area (Å²) in [4.78, 5) is 12.3. The first kappa shape index (κ1) is 15.2. The van der Waals surface area contributed by atoms with Gasteiger partial charge in [-0.1, -0.05) is 48.2 Å². The first-order chi connectivity index (χ1) is 11.7. The summed E-state index contributed by atoms with van der Waals surface area (Å²) in [6.07, 6.45) is 2.35. The predicted octanol–water partition coefficient (Wildman–Crippen LogP) is 3.81. The minimum atomic E-state index is -0.0284. The van der Waals surface area contributed by atoms with E-state index in [1.165, 1.54) is 24.6 Å². The summed E-state index contributed by atoms with van der Waals surface area (Å²) in [5.74, 6) is 1.22. The van der Waals surface area contributed by atoms with Crippen LogP contribution in [0, 0.1) is 6.92 Å². The lowest BCUT2D eigenvalue weighted by Gasteiger charge is -2.09. The standard InChI is InChI=1S/C18H18N4OS/c1-12-20-21-18(22(12)14-9-10-14)24-11-17(23)19-16-8-4-6-13-5-2-3-7-15(13)16/h2-8,14H,9-11H2,1H3,(H,19,23). The van der Waals surface area contributed by atoms with E-state index in [4.69, 9.17) is 0 Å². The number of carbonyl (C=O) groups excluding carboxylic acids is 1. The van der Waals surface area contributed by atoms with E-state index in [1.54, 1.807) is 0 Å². The van der Waals surface area contributed by atoms with E-state index >= 15 is 0 Å². The Labute approximate surface area is 144 Å². The normalized spacial score (nSPS) is 14.0. The molecule has 0 atom stereocenters. The zero-order valence-electron chi connectivity index (χ0n) is 13.4. The SMILES string of the molecule is Cc1nnc(SCC(=O)Nc2cccc3ccccc23)n1C1CC1. The fourth-order valence-corrected chi connectivity index (χ4v) is 3.70. The van der Waals surface area contributed by atoms with Crippen molar-refractivity contribution in [1.29, 1.82) is 0 Å². The predicted molar refractivity (Wildman–Crippen MR) is 96.3 cm³/mol. The van der Waals surface area contributed by atoms with Gasteiger partial charge in [0, 0.05) is 17.1 Å². The number of amides is 1. The summed E-state index contributed by atoms with van der Waals surface area (Å²) in [5, 5.41) is 14.4. The third-order valence-electron chi connectivity index (χ3n) is 4.14. The van der Waals surface area contributed by atoms with Crippen molar-refractivity contribution in [2.75, 3.05) is 11.1 Å². The molecule has 0 spiro atoms. The summed E-state index contributed by atoms with van der Waals surface area (Å²) in [5.41, 5.74) is 0.846. The fraction of sp³-hybridized carbons (Fsp3) is 0.278. The molecule has 1 fully saturated rings. The lowest BCUT2D eigenvalue weighted by molar-refractivity contribution is -0.113. The number of rotatable bonds is 5. The summed E-state index contributed by atoms with van der Waals surface area (Å²) < 4.78 is 2.15. The first-order valence-corrected chi connectivity index (χ1v) is 9.03. The van der Waals surface area contributed by atoms with Crippen LogP contribution in [0.3, 0.4) is 0 Å². The molecule has 1 amide bonds. The van der Waals surface area contributed by atoms with Gasteiger partial charge >= 0.3 is 0 Å². The number of aromatic nitrogens is 3. The summed E-state index contributed by atoms with van der Waals surface area (Å²) >= 11 is 1.45. The molecule has 1 heterocycles. The highest BCUT2D eigenvalue weighted by molar-refractivity contribution is 7.99. The van der Waals surface area contributed by atoms with E-state index in [0.29, 0.717) is 11.8 Å². The van der Waals surface area contributed by atoms with Crippen molar-refractivity contribution in [2.24, 2.45) is 0 Å². The molecule has 122 valence electrons.